The Morgan fingerprint density at radius 1 is 0.500 bits per heavy atom. The first-order valence-corrected chi connectivity index (χ1v) is 17.6. The van der Waals surface area contributed by atoms with E-state index in [-0.39, 0.29) is 6.10 Å². The Balaban J connectivity index is 1.23. The van der Waals surface area contributed by atoms with E-state index in [1.807, 2.05) is 36.4 Å². The molecule has 0 saturated heterocycles. The van der Waals surface area contributed by atoms with E-state index < -0.39 is 0 Å². The fourth-order valence-electron chi connectivity index (χ4n) is 8.07. The summed E-state index contributed by atoms with van der Waals surface area (Å²) >= 11 is 0. The Morgan fingerprint density at radius 2 is 1.19 bits per heavy atom. The van der Waals surface area contributed by atoms with E-state index in [4.69, 9.17) is 24.1 Å². The average Bonchev–Trinajstić information content (AvgIpc) is 3.79. The SMILES string of the molecule is C1=CC(c2cc(-c3nc(-c4ccccc4)nc(-c4cc5ccccc5c5ccccc45)n3)c3c(c2)oc2ccccc23)=C2c3ccccc3OC2C1. The number of hydrogen-bond donors (Lipinski definition) is 0. The standard InChI is InChI=1S/C47H29N3O2/c1-2-13-28(14-3-1)45-48-46(37-25-29-15-4-5-16-31(29)33-17-6-7-18-34(33)37)50-47(49-45)38-26-30(27-42-44(38)36-20-9-11-23-40(36)52-42)32-21-12-24-41-43(32)35-19-8-10-22-39(35)51-41/h1-23,25-27,41H,24H2. The Hall–Kier alpha value is -6.85. The van der Waals surface area contributed by atoms with Gasteiger partial charge < -0.3 is 9.15 Å². The van der Waals surface area contributed by atoms with Crippen molar-refractivity contribution in [1.82, 2.24) is 15.0 Å². The van der Waals surface area contributed by atoms with Crippen LogP contribution in [0.5, 0.6) is 5.75 Å². The molecule has 0 N–H and O–H groups in total. The van der Waals surface area contributed by atoms with Gasteiger partial charge in [0.05, 0.1) is 0 Å². The lowest BCUT2D eigenvalue weighted by molar-refractivity contribution is 0.279. The summed E-state index contributed by atoms with van der Waals surface area (Å²) in [6, 6.07) is 50.3. The van der Waals surface area contributed by atoms with Gasteiger partial charge in [-0.15, -0.1) is 0 Å². The van der Waals surface area contributed by atoms with E-state index in [1.165, 1.54) is 11.0 Å². The minimum absolute atomic E-state index is 0.0399. The third kappa shape index (κ3) is 4.46. The van der Waals surface area contributed by atoms with Crippen molar-refractivity contribution in [1.29, 1.82) is 0 Å². The largest absolute Gasteiger partial charge is 0.485 e. The smallest absolute Gasteiger partial charge is 0.164 e. The second-order valence-corrected chi connectivity index (χ2v) is 13.4. The molecule has 2 aliphatic rings. The van der Waals surface area contributed by atoms with Gasteiger partial charge >= 0.3 is 0 Å². The van der Waals surface area contributed by atoms with Crippen LogP contribution in [0.4, 0.5) is 0 Å². The number of allylic oxidation sites excluding steroid dienone is 2. The zero-order chi connectivity index (χ0) is 34.2. The molecule has 244 valence electrons. The van der Waals surface area contributed by atoms with Gasteiger partial charge in [-0.1, -0.05) is 127 Å². The first-order valence-electron chi connectivity index (χ1n) is 17.6. The summed E-state index contributed by atoms with van der Waals surface area (Å²) in [5.41, 5.74) is 8.84. The van der Waals surface area contributed by atoms with Gasteiger partial charge in [0.1, 0.15) is 23.0 Å². The molecule has 7 aromatic carbocycles. The molecule has 5 heteroatoms. The molecule has 1 aliphatic heterocycles. The van der Waals surface area contributed by atoms with Gasteiger partial charge in [-0.2, -0.15) is 0 Å². The molecule has 9 aromatic rings. The van der Waals surface area contributed by atoms with E-state index >= 15 is 0 Å². The second-order valence-electron chi connectivity index (χ2n) is 13.4. The quantitative estimate of drug-likeness (QED) is 0.175. The molecule has 1 atom stereocenters. The topological polar surface area (TPSA) is 61.0 Å². The highest BCUT2D eigenvalue weighted by molar-refractivity contribution is 6.15. The average molecular weight is 668 g/mol. The van der Waals surface area contributed by atoms with Crippen molar-refractivity contribution in [3.05, 3.63) is 169 Å². The fraction of sp³-hybridized carbons (Fsp3) is 0.0426. The number of nitrogens with zero attached hydrogens (tertiary/aromatic N) is 3. The molecule has 0 spiro atoms. The lowest BCUT2D eigenvalue weighted by Gasteiger charge is -2.19. The Kier molecular flexibility index (Phi) is 6.31. The summed E-state index contributed by atoms with van der Waals surface area (Å²) in [5, 5.41) is 6.58. The molecule has 1 aliphatic carbocycles. The van der Waals surface area contributed by atoms with Crippen LogP contribution in [0.15, 0.2) is 162 Å². The molecule has 1 unspecified atom stereocenters. The van der Waals surface area contributed by atoms with Gasteiger partial charge in [0, 0.05) is 45.0 Å². The van der Waals surface area contributed by atoms with Crippen molar-refractivity contribution in [2.24, 2.45) is 0 Å². The lowest BCUT2D eigenvalue weighted by atomic mass is 9.86. The summed E-state index contributed by atoms with van der Waals surface area (Å²) in [6.07, 6.45) is 5.21. The monoisotopic (exact) mass is 667 g/mol. The highest BCUT2D eigenvalue weighted by Crippen LogP contribution is 2.47. The molecule has 11 rings (SSSR count). The van der Waals surface area contributed by atoms with Crippen molar-refractivity contribution in [3.63, 3.8) is 0 Å². The molecule has 0 amide bonds. The molecule has 0 saturated carbocycles. The predicted molar refractivity (Wildman–Crippen MR) is 210 cm³/mol. The maximum absolute atomic E-state index is 6.61. The number of benzene rings is 7. The van der Waals surface area contributed by atoms with Crippen LogP contribution in [-0.4, -0.2) is 21.1 Å². The van der Waals surface area contributed by atoms with Crippen LogP contribution in [0, 0.1) is 0 Å². The Morgan fingerprint density at radius 3 is 2.08 bits per heavy atom. The van der Waals surface area contributed by atoms with Gasteiger partial charge in [-0.3, -0.25) is 0 Å². The Labute approximate surface area is 299 Å². The highest BCUT2D eigenvalue weighted by atomic mass is 16.5. The van der Waals surface area contributed by atoms with Crippen LogP contribution < -0.4 is 4.74 Å². The second kappa shape index (κ2) is 11.3. The zero-order valence-corrected chi connectivity index (χ0v) is 28.0. The number of rotatable bonds is 4. The molecule has 52 heavy (non-hydrogen) atoms. The van der Waals surface area contributed by atoms with E-state index in [0.29, 0.717) is 17.5 Å². The summed E-state index contributed by atoms with van der Waals surface area (Å²) < 4.78 is 13.1. The van der Waals surface area contributed by atoms with Crippen molar-refractivity contribution >= 4 is 54.6 Å². The van der Waals surface area contributed by atoms with Crippen molar-refractivity contribution < 1.29 is 9.15 Å². The predicted octanol–water partition coefficient (Wildman–Crippen LogP) is 11.7. The van der Waals surface area contributed by atoms with Crippen molar-refractivity contribution in [3.8, 4) is 39.9 Å². The minimum atomic E-state index is -0.0399. The first kappa shape index (κ1) is 28.9. The minimum Gasteiger partial charge on any atom is -0.485 e. The van der Waals surface area contributed by atoms with Gasteiger partial charge in [-0.25, -0.2) is 15.0 Å². The lowest BCUT2D eigenvalue weighted by Crippen LogP contribution is -2.14. The molecule has 5 nitrogen and oxygen atoms in total. The number of aromatic nitrogens is 3. The number of furan rings is 1. The van der Waals surface area contributed by atoms with Gasteiger partial charge in [0.2, 0.25) is 0 Å². The normalized spacial score (nSPS) is 15.0. The number of para-hydroxylation sites is 2. The molecule has 3 heterocycles. The van der Waals surface area contributed by atoms with Crippen molar-refractivity contribution in [2.45, 2.75) is 12.5 Å². The highest BCUT2D eigenvalue weighted by Gasteiger charge is 2.32. The molecule has 0 bridgehead atoms. The summed E-state index contributed by atoms with van der Waals surface area (Å²) in [4.78, 5) is 15.8. The number of fused-ring (bicyclic) bond motifs is 9. The third-order valence-electron chi connectivity index (χ3n) is 10.4. The molecular formula is C47H29N3O2. The first-order chi connectivity index (χ1) is 25.8. The van der Waals surface area contributed by atoms with E-state index in [1.54, 1.807) is 0 Å². The van der Waals surface area contributed by atoms with Gasteiger partial charge in [0.25, 0.3) is 0 Å². The maximum Gasteiger partial charge on any atom is 0.164 e. The maximum atomic E-state index is 6.61. The van der Waals surface area contributed by atoms with E-state index in [2.05, 4.69) is 121 Å². The zero-order valence-electron chi connectivity index (χ0n) is 28.0. The van der Waals surface area contributed by atoms with Gasteiger partial charge in [-0.05, 0) is 63.0 Å². The molecule has 0 fully saturated rings. The summed E-state index contributed by atoms with van der Waals surface area (Å²) in [6.45, 7) is 0. The molecule has 2 aromatic heterocycles. The summed E-state index contributed by atoms with van der Waals surface area (Å²) in [5.74, 6) is 2.74. The number of ether oxygens (including phenoxy) is 1. The van der Waals surface area contributed by atoms with Crippen LogP contribution in [0.1, 0.15) is 17.5 Å². The Bertz CT molecular complexity index is 2980. The van der Waals surface area contributed by atoms with Crippen LogP contribution in [0.2, 0.25) is 0 Å². The molecule has 0 radical (unpaired) electrons. The third-order valence-corrected chi connectivity index (χ3v) is 10.4. The van der Waals surface area contributed by atoms with E-state index in [0.717, 1.165) is 83.7 Å². The van der Waals surface area contributed by atoms with Crippen LogP contribution in [-0.2, 0) is 0 Å². The number of hydrogen-bond acceptors (Lipinski definition) is 5. The molecular weight excluding hydrogens is 639 g/mol. The fourth-order valence-corrected chi connectivity index (χ4v) is 8.07. The van der Waals surface area contributed by atoms with E-state index in [9.17, 15) is 0 Å². The van der Waals surface area contributed by atoms with Gasteiger partial charge in [0.15, 0.2) is 17.5 Å². The van der Waals surface area contributed by atoms with Crippen LogP contribution >= 0.6 is 0 Å². The summed E-state index contributed by atoms with van der Waals surface area (Å²) in [7, 11) is 0. The van der Waals surface area contributed by atoms with Crippen molar-refractivity contribution in [2.75, 3.05) is 0 Å². The van der Waals surface area contributed by atoms with Crippen LogP contribution in [0.25, 0.3) is 88.8 Å². The van der Waals surface area contributed by atoms with Crippen LogP contribution in [0.3, 0.4) is 0 Å².